The number of anilines is 1. The highest BCUT2D eigenvalue weighted by Crippen LogP contribution is 2.26. The largest absolute Gasteiger partial charge is 0.496 e. The van der Waals surface area contributed by atoms with Crippen LogP contribution in [-0.4, -0.2) is 24.1 Å². The van der Waals surface area contributed by atoms with Crippen LogP contribution in [0.25, 0.3) is 0 Å². The van der Waals surface area contributed by atoms with Crippen LogP contribution in [0.1, 0.15) is 11.1 Å². The van der Waals surface area contributed by atoms with Gasteiger partial charge in [0.15, 0.2) is 0 Å². The van der Waals surface area contributed by atoms with E-state index in [1.165, 1.54) is 0 Å². The van der Waals surface area contributed by atoms with Gasteiger partial charge in [-0.1, -0.05) is 0 Å². The number of methoxy groups -OCH3 is 1. The SMILES string of the molecule is COc1c(C)cc(NC(=O)/C=C/C(=O)O)cc1C. The third kappa shape index (κ3) is 3.62. The van der Waals surface area contributed by atoms with E-state index in [4.69, 9.17) is 9.84 Å². The molecule has 0 bridgehead atoms. The fourth-order valence-electron chi connectivity index (χ4n) is 1.68. The van der Waals surface area contributed by atoms with Crippen molar-refractivity contribution in [2.75, 3.05) is 12.4 Å². The maximum absolute atomic E-state index is 11.4. The molecule has 0 unspecified atom stereocenters. The molecule has 96 valence electrons. The Morgan fingerprint density at radius 2 is 1.78 bits per heavy atom. The first-order valence-corrected chi connectivity index (χ1v) is 5.31. The van der Waals surface area contributed by atoms with Crippen LogP contribution in [0.4, 0.5) is 5.69 Å². The number of carboxylic acids is 1. The highest BCUT2D eigenvalue weighted by atomic mass is 16.5. The summed E-state index contributed by atoms with van der Waals surface area (Å²) >= 11 is 0. The standard InChI is InChI=1S/C13H15NO4/c1-8-6-10(7-9(2)13(8)18-3)14-11(15)4-5-12(16)17/h4-7H,1-3H3,(H,14,15)(H,16,17)/b5-4+. The van der Waals surface area contributed by atoms with Gasteiger partial charge in [0.2, 0.25) is 5.91 Å². The van der Waals surface area contributed by atoms with Crippen molar-refractivity contribution in [3.63, 3.8) is 0 Å². The quantitative estimate of drug-likeness (QED) is 0.799. The number of benzene rings is 1. The Hall–Kier alpha value is -2.30. The van der Waals surface area contributed by atoms with Gasteiger partial charge in [-0.3, -0.25) is 4.79 Å². The monoisotopic (exact) mass is 249 g/mol. The van der Waals surface area contributed by atoms with E-state index in [1.807, 2.05) is 13.8 Å². The molecule has 5 heteroatoms. The maximum Gasteiger partial charge on any atom is 0.328 e. The van der Waals surface area contributed by atoms with Gasteiger partial charge in [-0.2, -0.15) is 0 Å². The first-order chi connectivity index (χ1) is 8.43. The molecule has 0 heterocycles. The van der Waals surface area contributed by atoms with E-state index in [0.29, 0.717) is 5.69 Å². The lowest BCUT2D eigenvalue weighted by Crippen LogP contribution is -2.09. The van der Waals surface area contributed by atoms with Crippen molar-refractivity contribution in [2.24, 2.45) is 0 Å². The number of aryl methyl sites for hydroxylation is 2. The highest BCUT2D eigenvalue weighted by molar-refractivity contribution is 6.02. The van der Waals surface area contributed by atoms with Crippen LogP contribution in [0.15, 0.2) is 24.3 Å². The Bertz CT molecular complexity index is 483. The van der Waals surface area contributed by atoms with Crippen LogP contribution < -0.4 is 10.1 Å². The Balaban J connectivity index is 2.86. The first-order valence-electron chi connectivity index (χ1n) is 5.31. The smallest absolute Gasteiger partial charge is 0.328 e. The molecule has 18 heavy (non-hydrogen) atoms. The molecule has 0 aliphatic carbocycles. The number of carbonyl (C=O) groups excluding carboxylic acids is 1. The van der Waals surface area contributed by atoms with Gasteiger partial charge in [-0.05, 0) is 37.1 Å². The molecule has 0 aliphatic rings. The lowest BCUT2D eigenvalue weighted by atomic mass is 10.1. The average Bonchev–Trinajstić information content (AvgIpc) is 2.26. The van der Waals surface area contributed by atoms with Gasteiger partial charge in [0.25, 0.3) is 0 Å². The molecule has 1 aromatic rings. The number of rotatable bonds is 4. The van der Waals surface area contributed by atoms with Crippen LogP contribution in [0, 0.1) is 13.8 Å². The summed E-state index contributed by atoms with van der Waals surface area (Å²) in [5.74, 6) is -0.873. The topological polar surface area (TPSA) is 75.6 Å². The summed E-state index contributed by atoms with van der Waals surface area (Å²) in [7, 11) is 1.59. The Morgan fingerprint density at radius 3 is 2.22 bits per heavy atom. The molecule has 1 rings (SSSR count). The van der Waals surface area contributed by atoms with Crippen LogP contribution >= 0.6 is 0 Å². The number of ether oxygens (including phenoxy) is 1. The summed E-state index contributed by atoms with van der Waals surface area (Å²) in [5.41, 5.74) is 2.40. The zero-order valence-electron chi connectivity index (χ0n) is 10.5. The second kappa shape index (κ2) is 5.86. The molecule has 0 atom stereocenters. The summed E-state index contributed by atoms with van der Waals surface area (Å²) in [6, 6.07) is 3.52. The van der Waals surface area contributed by atoms with E-state index >= 15 is 0 Å². The molecular weight excluding hydrogens is 234 g/mol. The van der Waals surface area contributed by atoms with Gasteiger partial charge < -0.3 is 15.2 Å². The maximum atomic E-state index is 11.4. The predicted molar refractivity (Wildman–Crippen MR) is 67.9 cm³/mol. The number of hydrogen-bond donors (Lipinski definition) is 2. The summed E-state index contributed by atoms with van der Waals surface area (Å²) < 4.78 is 5.21. The van der Waals surface area contributed by atoms with E-state index in [9.17, 15) is 9.59 Å². The van der Waals surface area contributed by atoms with Crippen LogP contribution in [0.3, 0.4) is 0 Å². The molecule has 0 aliphatic heterocycles. The van der Waals surface area contributed by atoms with Crippen molar-refractivity contribution in [1.29, 1.82) is 0 Å². The van der Waals surface area contributed by atoms with Crippen molar-refractivity contribution >= 4 is 17.6 Å². The highest BCUT2D eigenvalue weighted by Gasteiger charge is 2.06. The molecule has 1 amide bonds. The minimum atomic E-state index is -1.16. The molecule has 0 aromatic heterocycles. The van der Waals surface area contributed by atoms with Gasteiger partial charge >= 0.3 is 5.97 Å². The molecule has 0 saturated carbocycles. The normalized spacial score (nSPS) is 10.4. The molecule has 2 N–H and O–H groups in total. The van der Waals surface area contributed by atoms with E-state index in [-0.39, 0.29) is 0 Å². The van der Waals surface area contributed by atoms with Crippen LogP contribution in [0.2, 0.25) is 0 Å². The lowest BCUT2D eigenvalue weighted by molar-refractivity contribution is -0.131. The second-order valence-electron chi connectivity index (χ2n) is 3.80. The molecule has 0 saturated heterocycles. The fraction of sp³-hybridized carbons (Fsp3) is 0.231. The number of carboxylic acid groups (broad SMARTS) is 1. The minimum Gasteiger partial charge on any atom is -0.496 e. The average molecular weight is 249 g/mol. The van der Waals surface area contributed by atoms with Crippen molar-refractivity contribution in [3.05, 3.63) is 35.4 Å². The fourth-order valence-corrected chi connectivity index (χ4v) is 1.68. The van der Waals surface area contributed by atoms with Crippen LogP contribution in [0.5, 0.6) is 5.75 Å². The van der Waals surface area contributed by atoms with Gasteiger partial charge in [0.1, 0.15) is 5.75 Å². The third-order valence-electron chi connectivity index (χ3n) is 2.31. The summed E-state index contributed by atoms with van der Waals surface area (Å²) in [4.78, 5) is 21.7. The molecule has 5 nitrogen and oxygen atoms in total. The van der Waals surface area contributed by atoms with Gasteiger partial charge in [-0.15, -0.1) is 0 Å². The molecule has 0 radical (unpaired) electrons. The number of carbonyl (C=O) groups is 2. The summed E-state index contributed by atoms with van der Waals surface area (Å²) in [6.45, 7) is 3.74. The van der Waals surface area contributed by atoms with Crippen molar-refractivity contribution in [2.45, 2.75) is 13.8 Å². The Labute approximate surface area is 105 Å². The zero-order chi connectivity index (χ0) is 13.7. The molecular formula is C13H15NO4. The van der Waals surface area contributed by atoms with E-state index in [0.717, 1.165) is 29.0 Å². The third-order valence-corrected chi connectivity index (χ3v) is 2.31. The zero-order valence-corrected chi connectivity index (χ0v) is 10.5. The summed E-state index contributed by atoms with van der Waals surface area (Å²) in [6.07, 6.45) is 1.76. The van der Waals surface area contributed by atoms with Gasteiger partial charge in [-0.25, -0.2) is 4.79 Å². The molecule has 0 fully saturated rings. The number of nitrogens with one attached hydrogen (secondary N) is 1. The second-order valence-corrected chi connectivity index (χ2v) is 3.80. The Kier molecular flexibility index (Phi) is 4.48. The van der Waals surface area contributed by atoms with Crippen LogP contribution in [-0.2, 0) is 9.59 Å². The number of amides is 1. The van der Waals surface area contributed by atoms with E-state index in [1.54, 1.807) is 19.2 Å². The lowest BCUT2D eigenvalue weighted by Gasteiger charge is -2.11. The van der Waals surface area contributed by atoms with E-state index in [2.05, 4.69) is 5.32 Å². The number of aliphatic carboxylic acids is 1. The van der Waals surface area contributed by atoms with E-state index < -0.39 is 11.9 Å². The van der Waals surface area contributed by atoms with Crippen molar-refractivity contribution in [1.82, 2.24) is 0 Å². The van der Waals surface area contributed by atoms with Gasteiger partial charge in [0.05, 0.1) is 7.11 Å². The summed E-state index contributed by atoms with van der Waals surface area (Å²) in [5, 5.41) is 11.0. The first kappa shape index (κ1) is 13.8. The molecule has 1 aromatic carbocycles. The van der Waals surface area contributed by atoms with Crippen molar-refractivity contribution < 1.29 is 19.4 Å². The van der Waals surface area contributed by atoms with Crippen molar-refractivity contribution in [3.8, 4) is 5.75 Å². The number of hydrogen-bond acceptors (Lipinski definition) is 3. The predicted octanol–water partition coefficient (Wildman–Crippen LogP) is 1.89. The van der Waals surface area contributed by atoms with Gasteiger partial charge in [0, 0.05) is 17.8 Å². The molecule has 0 spiro atoms. The minimum absolute atomic E-state index is 0.485. The Morgan fingerprint density at radius 1 is 1.22 bits per heavy atom.